The van der Waals surface area contributed by atoms with Gasteiger partial charge in [0.2, 0.25) is 0 Å². The Balaban J connectivity index is 0. The average molecular weight is 547 g/mol. The number of halogens is 1. The standard InChI is InChI=1S/C9H12NO.IS.U/c1-11-8-10-7-9-5-3-2-4-6-9;1-2;/h2-6H,7-8H2,1H3;;/q2*-1;+2. The first-order chi connectivity index (χ1) is 6.43. The summed E-state index contributed by atoms with van der Waals surface area (Å²) in [5, 5.41) is 4.14. The van der Waals surface area contributed by atoms with Crippen LogP contribution in [0.5, 0.6) is 0 Å². The maximum absolute atomic E-state index is 4.80. The van der Waals surface area contributed by atoms with Crippen molar-refractivity contribution in [2.24, 2.45) is 0 Å². The van der Waals surface area contributed by atoms with Crippen molar-refractivity contribution in [3.8, 4) is 0 Å². The van der Waals surface area contributed by atoms with Crippen LogP contribution in [0.1, 0.15) is 5.56 Å². The Morgan fingerprint density at radius 3 is 2.36 bits per heavy atom. The summed E-state index contributed by atoms with van der Waals surface area (Å²) in [5.74, 6) is 0. The van der Waals surface area contributed by atoms with Crippen molar-refractivity contribution in [1.82, 2.24) is 0 Å². The van der Waals surface area contributed by atoms with E-state index in [0.29, 0.717) is 6.73 Å². The third-order valence-electron chi connectivity index (χ3n) is 1.36. The molecule has 1 rings (SSSR count). The minimum absolute atomic E-state index is 0. The van der Waals surface area contributed by atoms with Gasteiger partial charge in [0.25, 0.3) is 0 Å². The zero-order chi connectivity index (χ0) is 9.94. The fourth-order valence-corrected chi connectivity index (χ4v) is 0.849. The molecule has 5 heteroatoms. The van der Waals surface area contributed by atoms with Gasteiger partial charge in [0.05, 0.1) is 0 Å². The zero-order valence-corrected chi connectivity index (χ0v) is 15.1. The van der Waals surface area contributed by atoms with Crippen LogP contribution in [0, 0.1) is 31.1 Å². The van der Waals surface area contributed by atoms with Crippen molar-refractivity contribution >= 4 is 31.0 Å². The first kappa shape index (κ1) is 17.7. The van der Waals surface area contributed by atoms with E-state index in [1.54, 1.807) is 28.3 Å². The molecule has 76 valence electrons. The first-order valence-electron chi connectivity index (χ1n) is 3.75. The van der Waals surface area contributed by atoms with E-state index in [2.05, 4.69) is 27.2 Å². The van der Waals surface area contributed by atoms with Crippen LogP contribution in [-0.4, -0.2) is 13.8 Å². The van der Waals surface area contributed by atoms with Gasteiger partial charge < -0.3 is 19.9 Å². The van der Waals surface area contributed by atoms with Gasteiger partial charge in [0.15, 0.2) is 0 Å². The Kier molecular flexibility index (Phi) is 18.0. The SMILES string of the molecule is COC[N-]Cc1ccccc1.[S-]I.[U+2]. The predicted molar refractivity (Wildman–Crippen MR) is 66.8 cm³/mol. The molecule has 0 aromatic heterocycles. The maximum Gasteiger partial charge on any atom is 2.00 e. The normalized spacial score (nSPS) is 8.21. The van der Waals surface area contributed by atoms with E-state index >= 15 is 0 Å². The molecule has 0 spiro atoms. The Morgan fingerprint density at radius 2 is 1.86 bits per heavy atom. The predicted octanol–water partition coefficient (Wildman–Crippen LogP) is 3.05. The fraction of sp³-hybridized carbons (Fsp3) is 0.333. The van der Waals surface area contributed by atoms with Crippen molar-refractivity contribution in [1.29, 1.82) is 0 Å². The molecule has 0 N–H and O–H groups in total. The molecule has 0 heterocycles. The van der Waals surface area contributed by atoms with Crippen LogP contribution < -0.4 is 0 Å². The van der Waals surface area contributed by atoms with Crippen LogP contribution in [0.2, 0.25) is 0 Å². The fourth-order valence-electron chi connectivity index (χ4n) is 0.849. The molecule has 0 saturated carbocycles. The van der Waals surface area contributed by atoms with Crippen LogP contribution >= 0.6 is 21.2 Å². The zero-order valence-electron chi connectivity index (χ0n) is 7.94. The van der Waals surface area contributed by atoms with E-state index in [1.165, 1.54) is 5.56 Å². The van der Waals surface area contributed by atoms with Crippen molar-refractivity contribution in [2.75, 3.05) is 13.8 Å². The third kappa shape index (κ3) is 9.81. The molecule has 0 atom stereocenters. The second-order valence-electron chi connectivity index (χ2n) is 2.29. The summed E-state index contributed by atoms with van der Waals surface area (Å²) >= 11 is 1.73. The minimum Gasteiger partial charge on any atom is -0.713 e. The van der Waals surface area contributed by atoms with E-state index < -0.39 is 0 Å². The van der Waals surface area contributed by atoms with Gasteiger partial charge in [0, 0.05) is 7.11 Å². The average Bonchev–Trinajstić information content (AvgIpc) is 2.23. The van der Waals surface area contributed by atoms with Crippen molar-refractivity contribution in [3.05, 3.63) is 41.2 Å². The summed E-state index contributed by atoms with van der Waals surface area (Å²) in [4.78, 5) is 0. The van der Waals surface area contributed by atoms with Crippen LogP contribution in [0.3, 0.4) is 0 Å². The number of nitrogens with zero attached hydrogens (tertiary/aromatic N) is 1. The summed E-state index contributed by atoms with van der Waals surface area (Å²) in [7, 11) is 5.70. The molecule has 0 unspecified atom stereocenters. The van der Waals surface area contributed by atoms with Crippen molar-refractivity contribution < 1.29 is 35.9 Å². The quantitative estimate of drug-likeness (QED) is 0.329. The van der Waals surface area contributed by atoms with Crippen LogP contribution in [0.15, 0.2) is 30.3 Å². The van der Waals surface area contributed by atoms with Crippen LogP contribution in [0.25, 0.3) is 5.32 Å². The molecular weight excluding hydrogens is 535 g/mol. The number of hydrogen-bond acceptors (Lipinski definition) is 2. The molecule has 0 aliphatic rings. The van der Waals surface area contributed by atoms with Gasteiger partial charge in [-0.3, -0.25) is 21.2 Å². The van der Waals surface area contributed by atoms with Gasteiger partial charge in [-0.25, -0.2) is 0 Å². The Morgan fingerprint density at radius 1 is 1.29 bits per heavy atom. The van der Waals surface area contributed by atoms with Crippen molar-refractivity contribution in [2.45, 2.75) is 6.54 Å². The van der Waals surface area contributed by atoms with Gasteiger partial charge in [-0.2, -0.15) is 0 Å². The molecule has 0 aliphatic heterocycles. The Labute approximate surface area is 127 Å². The maximum atomic E-state index is 4.80. The number of methoxy groups -OCH3 is 1. The van der Waals surface area contributed by atoms with E-state index in [1.807, 2.05) is 18.2 Å². The number of benzene rings is 1. The molecule has 1 aromatic carbocycles. The number of hydrogen-bond donors (Lipinski definition) is 0. The summed E-state index contributed by atoms with van der Waals surface area (Å²) in [6, 6.07) is 10.1. The summed E-state index contributed by atoms with van der Waals surface area (Å²) < 4.78 is 4.80. The minimum atomic E-state index is 0. The largest absolute Gasteiger partial charge is 2.00 e. The molecular formula is C9H12INOSU. The molecule has 0 radical (unpaired) electrons. The van der Waals surface area contributed by atoms with E-state index in [0.717, 1.165) is 6.54 Å². The van der Waals surface area contributed by atoms with Gasteiger partial charge >= 0.3 is 31.1 Å². The van der Waals surface area contributed by atoms with Crippen LogP contribution in [-0.2, 0) is 21.1 Å². The number of ether oxygens (including phenoxy) is 1. The molecule has 0 aliphatic carbocycles. The van der Waals surface area contributed by atoms with E-state index in [4.69, 9.17) is 4.74 Å². The van der Waals surface area contributed by atoms with E-state index in [-0.39, 0.29) is 31.1 Å². The van der Waals surface area contributed by atoms with Gasteiger partial charge in [0.1, 0.15) is 0 Å². The molecule has 0 fully saturated rings. The third-order valence-corrected chi connectivity index (χ3v) is 1.36. The summed E-state index contributed by atoms with van der Waals surface area (Å²) in [5.41, 5.74) is 1.23. The Bertz CT molecular complexity index is 201. The smallest absolute Gasteiger partial charge is 0.713 e. The molecule has 1 aromatic rings. The van der Waals surface area contributed by atoms with Gasteiger partial charge in [-0.15, -0.1) is 6.54 Å². The molecule has 2 nitrogen and oxygen atoms in total. The topological polar surface area (TPSA) is 23.3 Å². The number of rotatable bonds is 4. The van der Waals surface area contributed by atoms with Crippen molar-refractivity contribution in [3.63, 3.8) is 0 Å². The Hall–Kier alpha value is 1.27. The molecule has 0 saturated heterocycles. The second kappa shape index (κ2) is 14.3. The molecule has 0 bridgehead atoms. The van der Waals surface area contributed by atoms with Crippen LogP contribution in [0.4, 0.5) is 0 Å². The second-order valence-corrected chi connectivity index (χ2v) is 2.29. The van der Waals surface area contributed by atoms with E-state index in [9.17, 15) is 0 Å². The monoisotopic (exact) mass is 547 g/mol. The van der Waals surface area contributed by atoms with Gasteiger partial charge in [-0.1, -0.05) is 35.9 Å². The molecule has 0 amide bonds. The summed E-state index contributed by atoms with van der Waals surface area (Å²) in [6.45, 7) is 1.23. The first-order valence-corrected chi connectivity index (χ1v) is 6.70. The molecule has 14 heavy (non-hydrogen) atoms. The summed E-state index contributed by atoms with van der Waals surface area (Å²) in [6.07, 6.45) is 0. The van der Waals surface area contributed by atoms with Gasteiger partial charge in [-0.05, 0) is 6.73 Å².